The Morgan fingerprint density at radius 2 is 1.63 bits per heavy atom. The van der Waals surface area contributed by atoms with Gasteiger partial charge in [-0.15, -0.1) is 0 Å². The number of benzene rings is 1. The third kappa shape index (κ3) is 4.42. The number of amides is 3. The number of furan rings is 1. The molecule has 1 aromatic heterocycles. The van der Waals surface area contributed by atoms with Crippen LogP contribution in [0.1, 0.15) is 24.4 Å². The van der Waals surface area contributed by atoms with Gasteiger partial charge in [0.15, 0.2) is 5.76 Å². The van der Waals surface area contributed by atoms with Crippen molar-refractivity contribution in [1.29, 1.82) is 0 Å². The maximum absolute atomic E-state index is 12.5. The number of anilines is 2. The van der Waals surface area contributed by atoms with Crippen LogP contribution in [0.2, 0.25) is 0 Å². The van der Waals surface area contributed by atoms with E-state index in [1.54, 1.807) is 21.9 Å². The van der Waals surface area contributed by atoms with Crippen LogP contribution in [0.5, 0.6) is 0 Å². The van der Waals surface area contributed by atoms with E-state index in [1.807, 2.05) is 24.3 Å². The molecule has 1 aliphatic heterocycles. The minimum atomic E-state index is -0.143. The molecule has 0 bridgehead atoms. The predicted octanol–water partition coefficient (Wildman–Crippen LogP) is 3.12. The maximum atomic E-state index is 12.5. The van der Waals surface area contributed by atoms with E-state index in [-0.39, 0.29) is 11.9 Å². The Kier molecular flexibility index (Phi) is 6.01. The Balaban J connectivity index is 1.51. The normalized spacial score (nSPS) is 14.1. The second-order valence-corrected chi connectivity index (χ2v) is 6.41. The van der Waals surface area contributed by atoms with Gasteiger partial charge in [0.1, 0.15) is 0 Å². The molecule has 0 saturated carbocycles. The Hall–Kier alpha value is -2.96. The Morgan fingerprint density at radius 1 is 1.00 bits per heavy atom. The number of piperazine rings is 1. The molecule has 0 spiro atoms. The third-order valence-electron chi connectivity index (χ3n) is 4.83. The molecule has 1 fully saturated rings. The smallest absolute Gasteiger partial charge is 0.321 e. The van der Waals surface area contributed by atoms with Gasteiger partial charge in [-0.25, -0.2) is 4.79 Å². The van der Waals surface area contributed by atoms with Crippen LogP contribution in [0.25, 0.3) is 0 Å². The van der Waals surface area contributed by atoms with Crippen LogP contribution in [0, 0.1) is 0 Å². The summed E-state index contributed by atoms with van der Waals surface area (Å²) >= 11 is 0. The fourth-order valence-corrected chi connectivity index (χ4v) is 3.22. The highest BCUT2D eigenvalue weighted by Gasteiger charge is 2.26. The summed E-state index contributed by atoms with van der Waals surface area (Å²) in [4.78, 5) is 30.4. The number of urea groups is 1. The van der Waals surface area contributed by atoms with Crippen molar-refractivity contribution in [3.05, 3.63) is 48.4 Å². The molecule has 27 heavy (non-hydrogen) atoms. The van der Waals surface area contributed by atoms with Crippen molar-refractivity contribution in [1.82, 2.24) is 9.80 Å². The zero-order valence-corrected chi connectivity index (χ0v) is 15.9. The van der Waals surface area contributed by atoms with Crippen LogP contribution in [0.3, 0.4) is 0 Å². The van der Waals surface area contributed by atoms with Crippen molar-refractivity contribution in [3.63, 3.8) is 0 Å². The zero-order chi connectivity index (χ0) is 19.2. The lowest BCUT2D eigenvalue weighted by molar-refractivity contribution is 0.0640. The van der Waals surface area contributed by atoms with Crippen LogP contribution >= 0.6 is 0 Å². The van der Waals surface area contributed by atoms with Gasteiger partial charge in [-0.05, 0) is 50.2 Å². The highest BCUT2D eigenvalue weighted by atomic mass is 16.3. The fraction of sp³-hybridized carbons (Fsp3) is 0.400. The largest absolute Gasteiger partial charge is 0.459 e. The van der Waals surface area contributed by atoms with Gasteiger partial charge >= 0.3 is 6.03 Å². The van der Waals surface area contributed by atoms with E-state index in [4.69, 9.17) is 4.42 Å². The minimum Gasteiger partial charge on any atom is -0.459 e. The fourth-order valence-electron chi connectivity index (χ4n) is 3.22. The van der Waals surface area contributed by atoms with E-state index in [0.29, 0.717) is 31.9 Å². The van der Waals surface area contributed by atoms with E-state index in [1.165, 1.54) is 6.26 Å². The van der Waals surface area contributed by atoms with E-state index >= 15 is 0 Å². The minimum absolute atomic E-state index is 0.132. The maximum Gasteiger partial charge on any atom is 0.321 e. The van der Waals surface area contributed by atoms with Gasteiger partial charge in [0.2, 0.25) is 0 Å². The summed E-state index contributed by atoms with van der Waals surface area (Å²) in [7, 11) is 0. The first-order chi connectivity index (χ1) is 13.1. The standard InChI is InChI=1S/C20H26N4O3/c1-3-22(4-2)17-9-7-16(8-10-17)21-20(26)24-13-11-23(12-14-24)19(25)18-6-5-15-27-18/h5-10,15H,3-4,11-14H2,1-2H3,(H,21,26). The number of nitrogens with one attached hydrogen (secondary N) is 1. The van der Waals surface area contributed by atoms with Gasteiger partial charge in [-0.3, -0.25) is 4.79 Å². The van der Waals surface area contributed by atoms with Gasteiger partial charge in [0, 0.05) is 50.6 Å². The van der Waals surface area contributed by atoms with Crippen LogP contribution in [-0.2, 0) is 0 Å². The summed E-state index contributed by atoms with van der Waals surface area (Å²) < 4.78 is 5.16. The number of nitrogens with zero attached hydrogens (tertiary/aromatic N) is 3. The summed E-state index contributed by atoms with van der Waals surface area (Å²) in [6, 6.07) is 11.1. The predicted molar refractivity (Wildman–Crippen MR) is 105 cm³/mol. The molecule has 2 heterocycles. The monoisotopic (exact) mass is 370 g/mol. The lowest BCUT2D eigenvalue weighted by atomic mass is 10.2. The quantitative estimate of drug-likeness (QED) is 0.878. The molecule has 2 aromatic rings. The Labute approximate surface area is 159 Å². The molecule has 3 amide bonds. The molecule has 1 saturated heterocycles. The molecule has 1 aromatic carbocycles. The topological polar surface area (TPSA) is 69.0 Å². The molecule has 144 valence electrons. The van der Waals surface area contributed by atoms with Crippen molar-refractivity contribution < 1.29 is 14.0 Å². The van der Waals surface area contributed by atoms with Gasteiger partial charge in [-0.1, -0.05) is 0 Å². The first-order valence-corrected chi connectivity index (χ1v) is 9.36. The molecule has 1 N–H and O–H groups in total. The summed E-state index contributed by atoms with van der Waals surface area (Å²) in [6.45, 7) is 8.12. The van der Waals surface area contributed by atoms with Crippen LogP contribution in [0.15, 0.2) is 47.1 Å². The van der Waals surface area contributed by atoms with Crippen molar-refractivity contribution in [2.75, 3.05) is 49.5 Å². The lowest BCUT2D eigenvalue weighted by Gasteiger charge is -2.34. The Morgan fingerprint density at radius 3 is 2.19 bits per heavy atom. The zero-order valence-electron chi connectivity index (χ0n) is 15.9. The van der Waals surface area contributed by atoms with Crippen LogP contribution in [0.4, 0.5) is 16.2 Å². The highest BCUT2D eigenvalue weighted by molar-refractivity contribution is 5.92. The van der Waals surface area contributed by atoms with E-state index < -0.39 is 0 Å². The number of hydrogen-bond donors (Lipinski definition) is 1. The molecule has 0 atom stereocenters. The van der Waals surface area contributed by atoms with Crippen molar-refractivity contribution in [2.45, 2.75) is 13.8 Å². The summed E-state index contributed by atoms with van der Waals surface area (Å²) in [5, 5.41) is 2.93. The molecule has 7 heteroatoms. The third-order valence-corrected chi connectivity index (χ3v) is 4.83. The van der Waals surface area contributed by atoms with Gasteiger partial charge < -0.3 is 24.4 Å². The SMILES string of the molecule is CCN(CC)c1ccc(NC(=O)N2CCN(C(=O)c3ccco3)CC2)cc1. The Bertz CT molecular complexity index is 746. The summed E-state index contributed by atoms with van der Waals surface area (Å²) in [6.07, 6.45) is 1.49. The highest BCUT2D eigenvalue weighted by Crippen LogP contribution is 2.18. The van der Waals surface area contributed by atoms with Gasteiger partial charge in [0.25, 0.3) is 5.91 Å². The average Bonchev–Trinajstić information content (AvgIpc) is 3.24. The van der Waals surface area contributed by atoms with Crippen molar-refractivity contribution in [2.24, 2.45) is 0 Å². The van der Waals surface area contributed by atoms with E-state index in [9.17, 15) is 9.59 Å². The molecule has 1 aliphatic rings. The second-order valence-electron chi connectivity index (χ2n) is 6.41. The molecule has 0 unspecified atom stereocenters. The molecular weight excluding hydrogens is 344 g/mol. The first kappa shape index (κ1) is 18.8. The number of carbonyl (C=O) groups excluding carboxylic acids is 2. The summed E-state index contributed by atoms with van der Waals surface area (Å²) in [5.74, 6) is 0.202. The van der Waals surface area contributed by atoms with E-state index in [0.717, 1.165) is 24.5 Å². The molecular formula is C20H26N4O3. The lowest BCUT2D eigenvalue weighted by Crippen LogP contribution is -2.51. The molecule has 7 nitrogen and oxygen atoms in total. The van der Waals surface area contributed by atoms with Crippen LogP contribution < -0.4 is 10.2 Å². The molecule has 0 radical (unpaired) electrons. The van der Waals surface area contributed by atoms with Crippen LogP contribution in [-0.4, -0.2) is 61.0 Å². The summed E-state index contributed by atoms with van der Waals surface area (Å²) in [5.41, 5.74) is 1.91. The van der Waals surface area contributed by atoms with Crippen molar-refractivity contribution >= 4 is 23.3 Å². The number of hydrogen-bond acceptors (Lipinski definition) is 4. The molecule has 0 aliphatic carbocycles. The molecule has 3 rings (SSSR count). The van der Waals surface area contributed by atoms with Gasteiger partial charge in [-0.2, -0.15) is 0 Å². The average molecular weight is 370 g/mol. The van der Waals surface area contributed by atoms with E-state index in [2.05, 4.69) is 24.1 Å². The number of carbonyl (C=O) groups is 2. The first-order valence-electron chi connectivity index (χ1n) is 9.36. The van der Waals surface area contributed by atoms with Gasteiger partial charge in [0.05, 0.1) is 6.26 Å². The second kappa shape index (κ2) is 8.62. The van der Waals surface area contributed by atoms with Crippen molar-refractivity contribution in [3.8, 4) is 0 Å². The number of rotatable bonds is 5.